The molecule has 0 heterocycles. The normalized spacial score (nSPS) is 11.2. The highest BCUT2D eigenvalue weighted by Crippen LogP contribution is 2.08. The topological polar surface area (TPSA) is 20.3 Å². The maximum atomic E-state index is 12.7. The average molecular weight is 251 g/mol. The lowest BCUT2D eigenvalue weighted by molar-refractivity contribution is 0.0975. The maximum Gasteiger partial charge on any atom is 0.162 e. The second kappa shape index (κ2) is 7.27. The van der Waals surface area contributed by atoms with Gasteiger partial charge in [-0.05, 0) is 50.2 Å². The van der Waals surface area contributed by atoms with E-state index in [1.54, 1.807) is 12.1 Å². The van der Waals surface area contributed by atoms with E-state index in [1.807, 2.05) is 0 Å². The van der Waals surface area contributed by atoms with E-state index in [2.05, 4.69) is 25.8 Å². The van der Waals surface area contributed by atoms with Crippen molar-refractivity contribution in [3.8, 4) is 0 Å². The van der Waals surface area contributed by atoms with Gasteiger partial charge in [-0.2, -0.15) is 0 Å². The molecule has 0 aliphatic rings. The van der Waals surface area contributed by atoms with Crippen LogP contribution >= 0.6 is 0 Å². The zero-order valence-electron chi connectivity index (χ0n) is 11.4. The number of hydrogen-bond donors (Lipinski definition) is 0. The Bertz CT molecular complexity index is 373. The van der Waals surface area contributed by atoms with Crippen LogP contribution in [0.4, 0.5) is 4.39 Å². The minimum atomic E-state index is -0.303. The summed E-state index contributed by atoms with van der Waals surface area (Å²) in [4.78, 5) is 14.1. The van der Waals surface area contributed by atoms with Gasteiger partial charge in [-0.25, -0.2) is 4.39 Å². The molecule has 0 aliphatic heterocycles. The van der Waals surface area contributed by atoms with E-state index in [0.717, 1.165) is 19.5 Å². The fourth-order valence-corrected chi connectivity index (χ4v) is 2.00. The van der Waals surface area contributed by atoms with E-state index < -0.39 is 0 Å². The molecular formula is C15H22FNO. The molecule has 0 saturated carbocycles. The first-order valence-corrected chi connectivity index (χ1v) is 6.46. The minimum Gasteiger partial charge on any atom is -0.306 e. The van der Waals surface area contributed by atoms with Crippen LogP contribution < -0.4 is 0 Å². The molecule has 2 nitrogen and oxygen atoms in total. The minimum absolute atomic E-state index is 0.0907. The lowest BCUT2D eigenvalue weighted by Crippen LogP contribution is -2.24. The van der Waals surface area contributed by atoms with Gasteiger partial charge in [0.05, 0.1) is 0 Å². The molecule has 0 unspecified atom stereocenters. The van der Waals surface area contributed by atoms with Crippen molar-refractivity contribution in [1.29, 1.82) is 0 Å². The third kappa shape index (κ3) is 5.41. The molecule has 0 N–H and O–H groups in total. The van der Waals surface area contributed by atoms with Crippen LogP contribution in [0.3, 0.4) is 0 Å². The average Bonchev–Trinajstić information content (AvgIpc) is 2.28. The molecule has 0 spiro atoms. The van der Waals surface area contributed by atoms with Crippen LogP contribution in [-0.2, 0) is 0 Å². The van der Waals surface area contributed by atoms with E-state index in [-0.39, 0.29) is 11.6 Å². The molecule has 1 rings (SSSR count). The Hall–Kier alpha value is -1.22. The molecule has 100 valence electrons. The van der Waals surface area contributed by atoms with Crippen molar-refractivity contribution < 1.29 is 9.18 Å². The molecule has 0 saturated heterocycles. The highest BCUT2D eigenvalue weighted by atomic mass is 19.1. The summed E-state index contributed by atoms with van der Waals surface area (Å²) < 4.78 is 12.7. The van der Waals surface area contributed by atoms with Crippen LogP contribution in [0.15, 0.2) is 24.3 Å². The van der Waals surface area contributed by atoms with E-state index in [9.17, 15) is 9.18 Å². The Morgan fingerprint density at radius 2 is 1.89 bits per heavy atom. The Morgan fingerprint density at radius 3 is 2.44 bits per heavy atom. The first-order valence-electron chi connectivity index (χ1n) is 6.46. The van der Waals surface area contributed by atoms with Crippen LogP contribution in [0.5, 0.6) is 0 Å². The zero-order valence-corrected chi connectivity index (χ0v) is 11.4. The summed E-state index contributed by atoms with van der Waals surface area (Å²) in [6.07, 6.45) is 1.37. The van der Waals surface area contributed by atoms with Crippen molar-refractivity contribution in [3.63, 3.8) is 0 Å². The monoisotopic (exact) mass is 251 g/mol. The number of carbonyl (C=O) groups excluding carboxylic acids is 1. The number of benzene rings is 1. The largest absolute Gasteiger partial charge is 0.306 e. The molecule has 0 amide bonds. The number of hydrogen-bond acceptors (Lipinski definition) is 2. The van der Waals surface area contributed by atoms with Gasteiger partial charge in [0.1, 0.15) is 5.82 Å². The highest BCUT2D eigenvalue weighted by Gasteiger charge is 2.07. The molecular weight excluding hydrogens is 229 g/mol. The summed E-state index contributed by atoms with van der Waals surface area (Å²) in [6.45, 7) is 6.33. The lowest BCUT2D eigenvalue weighted by atomic mass is 10.1. The number of nitrogens with zero attached hydrogens (tertiary/aromatic N) is 1. The van der Waals surface area contributed by atoms with Gasteiger partial charge in [-0.3, -0.25) is 4.79 Å². The van der Waals surface area contributed by atoms with Gasteiger partial charge in [-0.1, -0.05) is 13.8 Å². The second-order valence-electron chi connectivity index (χ2n) is 5.19. The van der Waals surface area contributed by atoms with Gasteiger partial charge in [-0.15, -0.1) is 0 Å². The summed E-state index contributed by atoms with van der Waals surface area (Å²) in [5, 5.41) is 0. The van der Waals surface area contributed by atoms with E-state index in [1.165, 1.54) is 12.1 Å². The Labute approximate surface area is 109 Å². The number of rotatable bonds is 7. The molecule has 0 aliphatic carbocycles. The molecule has 3 heteroatoms. The number of ketones is 1. The van der Waals surface area contributed by atoms with Crippen molar-refractivity contribution in [3.05, 3.63) is 35.6 Å². The summed E-state index contributed by atoms with van der Waals surface area (Å²) >= 11 is 0. The predicted octanol–water partition coefficient (Wildman–Crippen LogP) is 3.38. The van der Waals surface area contributed by atoms with Crippen molar-refractivity contribution >= 4 is 5.78 Å². The molecule has 0 radical (unpaired) electrons. The Morgan fingerprint density at radius 1 is 1.28 bits per heavy atom. The van der Waals surface area contributed by atoms with Gasteiger partial charge in [0.15, 0.2) is 5.78 Å². The smallest absolute Gasteiger partial charge is 0.162 e. The Kier molecular flexibility index (Phi) is 5.99. The fraction of sp³-hybridized carbons (Fsp3) is 0.533. The van der Waals surface area contributed by atoms with Crippen LogP contribution in [0.1, 0.15) is 37.0 Å². The van der Waals surface area contributed by atoms with Gasteiger partial charge >= 0.3 is 0 Å². The maximum absolute atomic E-state index is 12.7. The zero-order chi connectivity index (χ0) is 13.5. The van der Waals surface area contributed by atoms with E-state index >= 15 is 0 Å². The number of Topliss-reactive ketones (excluding diaryl/α,β-unsaturated/α-hetero) is 1. The van der Waals surface area contributed by atoms with Crippen molar-refractivity contribution in [2.24, 2.45) is 5.92 Å². The van der Waals surface area contributed by atoms with Gasteiger partial charge in [0.25, 0.3) is 0 Å². The number of carbonyl (C=O) groups is 1. The van der Waals surface area contributed by atoms with E-state index in [4.69, 9.17) is 0 Å². The van der Waals surface area contributed by atoms with Gasteiger partial charge < -0.3 is 4.90 Å². The molecule has 0 fully saturated rings. The third-order valence-electron chi connectivity index (χ3n) is 2.79. The molecule has 1 aromatic rings. The third-order valence-corrected chi connectivity index (χ3v) is 2.79. The van der Waals surface area contributed by atoms with Crippen molar-refractivity contribution in [2.75, 3.05) is 20.1 Å². The first kappa shape index (κ1) is 14.8. The summed E-state index contributed by atoms with van der Waals surface area (Å²) in [5.41, 5.74) is 0.600. The van der Waals surface area contributed by atoms with Gasteiger partial charge in [0.2, 0.25) is 0 Å². The number of halogens is 1. The molecule has 18 heavy (non-hydrogen) atoms. The van der Waals surface area contributed by atoms with Crippen LogP contribution in [0.2, 0.25) is 0 Å². The predicted molar refractivity (Wildman–Crippen MR) is 72.3 cm³/mol. The summed E-state index contributed by atoms with van der Waals surface area (Å²) in [7, 11) is 2.07. The first-order chi connectivity index (χ1) is 8.49. The van der Waals surface area contributed by atoms with Crippen LogP contribution in [0.25, 0.3) is 0 Å². The highest BCUT2D eigenvalue weighted by molar-refractivity contribution is 5.95. The van der Waals surface area contributed by atoms with Gasteiger partial charge in [0, 0.05) is 18.5 Å². The summed E-state index contributed by atoms with van der Waals surface area (Å²) in [6, 6.07) is 5.77. The summed E-state index contributed by atoms with van der Waals surface area (Å²) in [5.74, 6) is 0.430. The van der Waals surface area contributed by atoms with E-state index in [0.29, 0.717) is 17.9 Å². The standard InChI is InChI=1S/C15H22FNO/c1-12(2)11-17(3)10-4-5-15(18)13-6-8-14(16)9-7-13/h6-9,12H,4-5,10-11H2,1-3H3. The molecule has 0 aromatic heterocycles. The SMILES string of the molecule is CC(C)CN(C)CCCC(=O)c1ccc(F)cc1. The van der Waals surface area contributed by atoms with Crippen molar-refractivity contribution in [2.45, 2.75) is 26.7 Å². The quantitative estimate of drug-likeness (QED) is 0.692. The lowest BCUT2D eigenvalue weighted by Gasteiger charge is -2.18. The Balaban J connectivity index is 2.31. The molecule has 1 aromatic carbocycles. The van der Waals surface area contributed by atoms with Crippen LogP contribution in [-0.4, -0.2) is 30.8 Å². The second-order valence-corrected chi connectivity index (χ2v) is 5.19. The van der Waals surface area contributed by atoms with Crippen molar-refractivity contribution in [1.82, 2.24) is 4.90 Å². The molecule has 0 atom stereocenters. The molecule has 0 bridgehead atoms. The van der Waals surface area contributed by atoms with Crippen LogP contribution in [0, 0.1) is 11.7 Å². The fourth-order valence-electron chi connectivity index (χ4n) is 2.00.